The first-order valence-corrected chi connectivity index (χ1v) is 11.7. The summed E-state index contributed by atoms with van der Waals surface area (Å²) in [6.45, 7) is 0.591. The van der Waals surface area contributed by atoms with Crippen LogP contribution in [-0.4, -0.2) is 33.1 Å². The lowest BCUT2D eigenvalue weighted by Crippen LogP contribution is -1.98. The fraction of sp³-hybridized carbons (Fsp3) is 0.0800. The molecule has 0 atom stereocenters. The molecule has 1 aliphatic rings. The Kier molecular flexibility index (Phi) is 6.60. The minimum atomic E-state index is -1.07. The number of H-pyrrole nitrogens is 1. The van der Waals surface area contributed by atoms with Gasteiger partial charge in [0.2, 0.25) is 11.9 Å². The molecule has 0 unspecified atom stereocenters. The Hall–Kier alpha value is -3.95. The standard InChI is InChI=1S/C25H18ClN3O5S/c26-18-6-4-17(5-7-18)23-27-25(29-28-23)35-22(24(30)31)12-15-1-8-19(9-2-15)32-13-16-3-10-20-21(11-16)34-14-33-20/h1-12H,13-14H2,(H,30,31)(H,27,28,29)/b22-12-. The number of carboxylic acid groups (broad SMARTS) is 1. The largest absolute Gasteiger partial charge is 0.489 e. The number of nitrogens with one attached hydrogen (secondary N) is 1. The number of benzene rings is 3. The summed E-state index contributed by atoms with van der Waals surface area (Å²) in [5, 5.41) is 17.5. The van der Waals surface area contributed by atoms with Crippen LogP contribution in [0.5, 0.6) is 17.2 Å². The second-order valence-corrected chi connectivity index (χ2v) is 8.88. The van der Waals surface area contributed by atoms with Crippen LogP contribution in [-0.2, 0) is 11.4 Å². The van der Waals surface area contributed by atoms with E-state index >= 15 is 0 Å². The molecule has 1 aliphatic heterocycles. The number of halogens is 1. The molecule has 0 fully saturated rings. The van der Waals surface area contributed by atoms with Crippen LogP contribution >= 0.6 is 23.4 Å². The molecule has 2 heterocycles. The van der Waals surface area contributed by atoms with Gasteiger partial charge in [-0.1, -0.05) is 29.8 Å². The van der Waals surface area contributed by atoms with Gasteiger partial charge in [0, 0.05) is 10.6 Å². The van der Waals surface area contributed by atoms with E-state index in [1.165, 1.54) is 0 Å². The lowest BCUT2D eigenvalue weighted by atomic mass is 10.2. The smallest absolute Gasteiger partial charge is 0.342 e. The quantitative estimate of drug-likeness (QED) is 0.233. The van der Waals surface area contributed by atoms with Crippen LogP contribution in [0.3, 0.4) is 0 Å². The normalized spacial score (nSPS) is 12.5. The van der Waals surface area contributed by atoms with E-state index in [1.54, 1.807) is 54.6 Å². The molecule has 8 nitrogen and oxygen atoms in total. The zero-order valence-electron chi connectivity index (χ0n) is 18.1. The predicted molar refractivity (Wildman–Crippen MR) is 132 cm³/mol. The Morgan fingerprint density at radius 3 is 2.63 bits per heavy atom. The van der Waals surface area contributed by atoms with E-state index in [0.717, 1.165) is 28.6 Å². The maximum absolute atomic E-state index is 11.8. The van der Waals surface area contributed by atoms with Crippen molar-refractivity contribution >= 4 is 35.4 Å². The first kappa shape index (κ1) is 22.8. The van der Waals surface area contributed by atoms with Crippen molar-refractivity contribution in [2.75, 3.05) is 6.79 Å². The van der Waals surface area contributed by atoms with Crippen LogP contribution < -0.4 is 14.2 Å². The van der Waals surface area contributed by atoms with Crippen molar-refractivity contribution < 1.29 is 24.1 Å². The topological polar surface area (TPSA) is 107 Å². The molecule has 1 aromatic heterocycles. The molecule has 5 rings (SSSR count). The Morgan fingerprint density at radius 1 is 1.09 bits per heavy atom. The maximum atomic E-state index is 11.8. The highest BCUT2D eigenvalue weighted by Gasteiger charge is 2.15. The van der Waals surface area contributed by atoms with Gasteiger partial charge < -0.3 is 19.3 Å². The average molecular weight is 508 g/mol. The fourth-order valence-electron chi connectivity index (χ4n) is 3.27. The fourth-order valence-corrected chi connectivity index (χ4v) is 4.10. The average Bonchev–Trinajstić information content (AvgIpc) is 3.53. The van der Waals surface area contributed by atoms with Gasteiger partial charge in [0.1, 0.15) is 17.3 Å². The van der Waals surface area contributed by atoms with Gasteiger partial charge in [-0.15, -0.1) is 5.10 Å². The van der Waals surface area contributed by atoms with E-state index in [-0.39, 0.29) is 11.7 Å². The number of nitrogens with zero attached hydrogens (tertiary/aromatic N) is 2. The van der Waals surface area contributed by atoms with Gasteiger partial charge in [-0.2, -0.15) is 0 Å². The third-order valence-electron chi connectivity index (χ3n) is 5.01. The van der Waals surface area contributed by atoms with E-state index in [9.17, 15) is 9.90 Å². The van der Waals surface area contributed by atoms with Gasteiger partial charge in [-0.05, 0) is 77.5 Å². The van der Waals surface area contributed by atoms with Crippen LogP contribution in [0.4, 0.5) is 0 Å². The lowest BCUT2D eigenvalue weighted by molar-refractivity contribution is -0.131. The summed E-state index contributed by atoms with van der Waals surface area (Å²) < 4.78 is 16.5. The molecule has 0 spiro atoms. The molecule has 0 amide bonds. The number of carbonyl (C=O) groups is 1. The van der Waals surface area contributed by atoms with Crippen molar-refractivity contribution in [2.45, 2.75) is 11.8 Å². The van der Waals surface area contributed by atoms with E-state index < -0.39 is 5.97 Å². The second kappa shape index (κ2) is 10.1. The van der Waals surface area contributed by atoms with Crippen molar-refractivity contribution in [3.05, 3.63) is 87.8 Å². The predicted octanol–water partition coefficient (Wildman–Crippen LogP) is 5.65. The molecule has 3 aromatic carbocycles. The van der Waals surface area contributed by atoms with Crippen molar-refractivity contribution in [3.63, 3.8) is 0 Å². The van der Waals surface area contributed by atoms with Gasteiger partial charge in [-0.3, -0.25) is 5.10 Å². The summed E-state index contributed by atoms with van der Waals surface area (Å²) in [5.74, 6) is 1.54. The molecule has 2 N–H and O–H groups in total. The highest BCUT2D eigenvalue weighted by Crippen LogP contribution is 2.33. The first-order valence-electron chi connectivity index (χ1n) is 10.5. The number of aliphatic carboxylic acids is 1. The van der Waals surface area contributed by atoms with Crippen molar-refractivity contribution in [1.82, 2.24) is 15.2 Å². The van der Waals surface area contributed by atoms with E-state index in [1.807, 2.05) is 18.2 Å². The molecular weight excluding hydrogens is 490 g/mol. The van der Waals surface area contributed by atoms with Crippen LogP contribution in [0.15, 0.2) is 76.8 Å². The van der Waals surface area contributed by atoms with Crippen molar-refractivity contribution in [1.29, 1.82) is 0 Å². The highest BCUT2D eigenvalue weighted by molar-refractivity contribution is 8.04. The zero-order chi connectivity index (χ0) is 24.2. The Balaban J connectivity index is 1.24. The molecule has 0 radical (unpaired) electrons. The number of ether oxygens (including phenoxy) is 3. The van der Waals surface area contributed by atoms with Crippen LogP contribution in [0.2, 0.25) is 5.02 Å². The van der Waals surface area contributed by atoms with Crippen LogP contribution in [0.25, 0.3) is 17.5 Å². The number of hydrogen-bond acceptors (Lipinski definition) is 7. The first-order chi connectivity index (χ1) is 17.0. The monoisotopic (exact) mass is 507 g/mol. The number of rotatable bonds is 8. The molecular formula is C25H18ClN3O5S. The molecule has 35 heavy (non-hydrogen) atoms. The van der Waals surface area contributed by atoms with Crippen molar-refractivity contribution in [2.24, 2.45) is 0 Å². The summed E-state index contributed by atoms with van der Waals surface area (Å²) in [5.41, 5.74) is 2.46. The SMILES string of the molecule is O=C(O)/C(=C/c1ccc(OCc2ccc3c(c2)OCO3)cc1)Sc1n[nH]c(-c2ccc(Cl)cc2)n1. The third-order valence-corrected chi connectivity index (χ3v) is 6.14. The Morgan fingerprint density at radius 2 is 1.86 bits per heavy atom. The molecule has 10 heteroatoms. The van der Waals surface area contributed by atoms with E-state index in [0.29, 0.717) is 39.7 Å². The number of carboxylic acids is 1. The van der Waals surface area contributed by atoms with E-state index in [4.69, 9.17) is 25.8 Å². The van der Waals surface area contributed by atoms with Crippen LogP contribution in [0.1, 0.15) is 11.1 Å². The third kappa shape index (κ3) is 5.59. The number of aromatic nitrogens is 3. The Bertz CT molecular complexity index is 1390. The highest BCUT2D eigenvalue weighted by atomic mass is 35.5. The molecule has 0 aliphatic carbocycles. The Labute approximate surface area is 209 Å². The van der Waals surface area contributed by atoms with Gasteiger partial charge >= 0.3 is 5.97 Å². The van der Waals surface area contributed by atoms with Gasteiger partial charge in [0.05, 0.1) is 0 Å². The van der Waals surface area contributed by atoms with Gasteiger partial charge in [0.15, 0.2) is 17.3 Å². The van der Waals surface area contributed by atoms with Crippen LogP contribution in [0, 0.1) is 0 Å². The van der Waals surface area contributed by atoms with Gasteiger partial charge in [-0.25, -0.2) is 9.78 Å². The number of aromatic amines is 1. The van der Waals surface area contributed by atoms with Gasteiger partial charge in [0.25, 0.3) is 0 Å². The minimum absolute atomic E-state index is 0.0840. The molecule has 176 valence electrons. The molecule has 4 aromatic rings. The summed E-state index contributed by atoms with van der Waals surface area (Å²) >= 11 is 6.88. The number of fused-ring (bicyclic) bond motifs is 1. The molecule has 0 bridgehead atoms. The van der Waals surface area contributed by atoms with E-state index in [2.05, 4.69) is 15.2 Å². The molecule has 0 saturated carbocycles. The summed E-state index contributed by atoms with van der Waals surface area (Å²) in [6.07, 6.45) is 1.56. The lowest BCUT2D eigenvalue weighted by Gasteiger charge is -2.07. The summed E-state index contributed by atoms with van der Waals surface area (Å²) in [4.78, 5) is 16.3. The zero-order valence-corrected chi connectivity index (χ0v) is 19.7. The molecule has 0 saturated heterocycles. The number of thioether (sulfide) groups is 1. The summed E-state index contributed by atoms with van der Waals surface area (Å²) in [6, 6.07) is 19.9. The van der Waals surface area contributed by atoms with Crippen molar-refractivity contribution in [3.8, 4) is 28.6 Å². The maximum Gasteiger partial charge on any atom is 0.342 e. The summed E-state index contributed by atoms with van der Waals surface area (Å²) in [7, 11) is 0. The minimum Gasteiger partial charge on any atom is -0.489 e. The second-order valence-electron chi connectivity index (χ2n) is 7.43. The number of hydrogen-bond donors (Lipinski definition) is 2.